The van der Waals surface area contributed by atoms with Crippen LogP contribution in [0.2, 0.25) is 0 Å². The summed E-state index contributed by atoms with van der Waals surface area (Å²) in [6.07, 6.45) is 4.86. The highest BCUT2D eigenvalue weighted by atomic mass is 16.5. The largest absolute Gasteiger partial charge is 0.479 e. The summed E-state index contributed by atoms with van der Waals surface area (Å²) in [5, 5.41) is 8.83. The van der Waals surface area contributed by atoms with Gasteiger partial charge in [0.1, 0.15) is 0 Å². The summed E-state index contributed by atoms with van der Waals surface area (Å²) in [5.41, 5.74) is 0. The molecule has 0 saturated heterocycles. The predicted octanol–water partition coefficient (Wildman–Crippen LogP) is 2.07. The molecule has 1 atom stereocenters. The van der Waals surface area contributed by atoms with Crippen molar-refractivity contribution in [2.24, 2.45) is 5.92 Å². The van der Waals surface area contributed by atoms with Gasteiger partial charge in [0.25, 0.3) is 0 Å². The van der Waals surface area contributed by atoms with Gasteiger partial charge in [-0.3, -0.25) is 0 Å². The molecule has 0 aromatic heterocycles. The topological polar surface area (TPSA) is 55.8 Å². The van der Waals surface area contributed by atoms with Crippen molar-refractivity contribution in [1.29, 1.82) is 0 Å². The van der Waals surface area contributed by atoms with E-state index in [1.165, 1.54) is 25.7 Å². The van der Waals surface area contributed by atoms with E-state index in [2.05, 4.69) is 0 Å². The van der Waals surface area contributed by atoms with Gasteiger partial charge in [0.2, 0.25) is 0 Å². The number of rotatable bonds is 8. The normalized spacial score (nSPS) is 18.8. The maximum atomic E-state index is 10.8. The first-order valence-electron chi connectivity index (χ1n) is 6.16. The van der Waals surface area contributed by atoms with Crippen molar-refractivity contribution in [1.82, 2.24) is 0 Å². The minimum atomic E-state index is -0.897. The van der Waals surface area contributed by atoms with Gasteiger partial charge in [-0.2, -0.15) is 0 Å². The molecule has 1 rings (SSSR count). The van der Waals surface area contributed by atoms with Crippen LogP contribution in [-0.4, -0.2) is 37.0 Å². The van der Waals surface area contributed by atoms with E-state index >= 15 is 0 Å². The van der Waals surface area contributed by atoms with Crippen molar-refractivity contribution >= 4 is 5.97 Å². The monoisotopic (exact) mass is 230 g/mol. The summed E-state index contributed by atoms with van der Waals surface area (Å²) in [5.74, 6) is -0.207. The first kappa shape index (κ1) is 13.5. The quantitative estimate of drug-likeness (QED) is 0.648. The van der Waals surface area contributed by atoms with Crippen LogP contribution in [0.25, 0.3) is 0 Å². The summed E-state index contributed by atoms with van der Waals surface area (Å²) in [4.78, 5) is 10.8. The van der Waals surface area contributed by atoms with Crippen LogP contribution in [0, 0.1) is 5.92 Å². The molecule has 0 spiro atoms. The summed E-state index contributed by atoms with van der Waals surface area (Å²) in [7, 11) is 0. The Labute approximate surface area is 96.9 Å². The van der Waals surface area contributed by atoms with Crippen molar-refractivity contribution in [2.75, 3.05) is 19.8 Å². The average Bonchev–Trinajstić information content (AvgIpc) is 2.75. The van der Waals surface area contributed by atoms with Crippen LogP contribution in [0.1, 0.15) is 39.0 Å². The Morgan fingerprint density at radius 1 is 1.44 bits per heavy atom. The standard InChI is InChI=1S/C12H22O4/c1-2-16-11(12(13)14)7-8-15-9-10-5-3-4-6-10/h10-11H,2-9H2,1H3,(H,13,14). The van der Waals surface area contributed by atoms with Gasteiger partial charge >= 0.3 is 5.97 Å². The lowest BCUT2D eigenvalue weighted by Crippen LogP contribution is -2.25. The Balaban J connectivity index is 2.05. The number of aliphatic carboxylic acids is 1. The van der Waals surface area contributed by atoms with E-state index in [9.17, 15) is 4.79 Å². The third-order valence-corrected chi connectivity index (χ3v) is 3.00. The van der Waals surface area contributed by atoms with E-state index in [4.69, 9.17) is 14.6 Å². The molecular formula is C12H22O4. The molecule has 16 heavy (non-hydrogen) atoms. The van der Waals surface area contributed by atoms with Gasteiger partial charge in [-0.1, -0.05) is 12.8 Å². The lowest BCUT2D eigenvalue weighted by molar-refractivity contribution is -0.151. The van der Waals surface area contributed by atoms with Crippen LogP contribution in [0.4, 0.5) is 0 Å². The van der Waals surface area contributed by atoms with Gasteiger partial charge in [-0.05, 0) is 25.7 Å². The molecule has 1 unspecified atom stereocenters. The number of hydrogen-bond donors (Lipinski definition) is 1. The Hall–Kier alpha value is -0.610. The molecule has 0 aliphatic heterocycles. The van der Waals surface area contributed by atoms with Gasteiger partial charge in [0.15, 0.2) is 6.10 Å². The second-order valence-corrected chi connectivity index (χ2v) is 4.30. The molecule has 1 aliphatic carbocycles. The van der Waals surface area contributed by atoms with Crippen molar-refractivity contribution < 1.29 is 19.4 Å². The van der Waals surface area contributed by atoms with Gasteiger partial charge in [0.05, 0.1) is 0 Å². The second kappa shape index (κ2) is 7.63. The summed E-state index contributed by atoms with van der Waals surface area (Å²) >= 11 is 0. The molecule has 0 aromatic carbocycles. The third kappa shape index (κ3) is 4.94. The minimum absolute atomic E-state index is 0.430. The zero-order chi connectivity index (χ0) is 11.8. The Kier molecular flexibility index (Phi) is 6.42. The number of carboxylic acid groups (broad SMARTS) is 1. The number of carboxylic acids is 1. The molecular weight excluding hydrogens is 208 g/mol. The van der Waals surface area contributed by atoms with E-state index in [-0.39, 0.29) is 0 Å². The second-order valence-electron chi connectivity index (χ2n) is 4.30. The van der Waals surface area contributed by atoms with E-state index in [1.54, 1.807) is 6.92 Å². The van der Waals surface area contributed by atoms with Gasteiger partial charge in [-0.25, -0.2) is 4.79 Å². The maximum absolute atomic E-state index is 10.8. The fourth-order valence-electron chi connectivity index (χ4n) is 2.10. The van der Waals surface area contributed by atoms with Crippen LogP contribution in [0.5, 0.6) is 0 Å². The van der Waals surface area contributed by atoms with Crippen molar-refractivity contribution in [3.8, 4) is 0 Å². The molecule has 0 amide bonds. The van der Waals surface area contributed by atoms with Crippen molar-refractivity contribution in [2.45, 2.75) is 45.1 Å². The zero-order valence-electron chi connectivity index (χ0n) is 9.98. The van der Waals surface area contributed by atoms with E-state index in [1.807, 2.05) is 0 Å². The first-order valence-corrected chi connectivity index (χ1v) is 6.16. The molecule has 1 fully saturated rings. The molecule has 0 bridgehead atoms. The highest BCUT2D eigenvalue weighted by Gasteiger charge is 2.18. The van der Waals surface area contributed by atoms with Gasteiger partial charge < -0.3 is 14.6 Å². The first-order chi connectivity index (χ1) is 7.74. The van der Waals surface area contributed by atoms with E-state index in [0.29, 0.717) is 25.6 Å². The highest BCUT2D eigenvalue weighted by molar-refractivity contribution is 5.72. The van der Waals surface area contributed by atoms with Crippen LogP contribution in [0.3, 0.4) is 0 Å². The molecule has 1 saturated carbocycles. The molecule has 4 heteroatoms. The Morgan fingerprint density at radius 3 is 2.69 bits per heavy atom. The van der Waals surface area contributed by atoms with Gasteiger partial charge in [0, 0.05) is 26.2 Å². The number of ether oxygens (including phenoxy) is 2. The van der Waals surface area contributed by atoms with Crippen LogP contribution >= 0.6 is 0 Å². The average molecular weight is 230 g/mol. The molecule has 0 heterocycles. The van der Waals surface area contributed by atoms with Crippen LogP contribution in [-0.2, 0) is 14.3 Å². The summed E-state index contributed by atoms with van der Waals surface area (Å²) in [6.45, 7) is 3.49. The predicted molar refractivity (Wildman–Crippen MR) is 60.4 cm³/mol. The fourth-order valence-corrected chi connectivity index (χ4v) is 2.10. The number of carbonyl (C=O) groups is 1. The lowest BCUT2D eigenvalue weighted by atomic mass is 10.1. The molecule has 1 N–H and O–H groups in total. The fraction of sp³-hybridized carbons (Fsp3) is 0.917. The minimum Gasteiger partial charge on any atom is -0.479 e. The molecule has 4 nitrogen and oxygen atoms in total. The van der Waals surface area contributed by atoms with Gasteiger partial charge in [-0.15, -0.1) is 0 Å². The Bertz CT molecular complexity index is 199. The van der Waals surface area contributed by atoms with E-state index < -0.39 is 12.1 Å². The smallest absolute Gasteiger partial charge is 0.332 e. The lowest BCUT2D eigenvalue weighted by Gasteiger charge is -2.14. The Morgan fingerprint density at radius 2 is 2.12 bits per heavy atom. The zero-order valence-corrected chi connectivity index (χ0v) is 9.98. The molecule has 0 aromatic rings. The number of hydrogen-bond acceptors (Lipinski definition) is 3. The SMILES string of the molecule is CCOC(CCOCC1CCCC1)C(=O)O. The van der Waals surface area contributed by atoms with E-state index in [0.717, 1.165) is 6.61 Å². The maximum Gasteiger partial charge on any atom is 0.332 e. The molecule has 1 aliphatic rings. The summed E-state index contributed by atoms with van der Waals surface area (Å²) < 4.78 is 10.6. The summed E-state index contributed by atoms with van der Waals surface area (Å²) in [6, 6.07) is 0. The van der Waals surface area contributed by atoms with Crippen LogP contribution in [0.15, 0.2) is 0 Å². The molecule has 94 valence electrons. The van der Waals surface area contributed by atoms with Crippen LogP contribution < -0.4 is 0 Å². The van der Waals surface area contributed by atoms with Crippen molar-refractivity contribution in [3.05, 3.63) is 0 Å². The third-order valence-electron chi connectivity index (χ3n) is 3.00. The molecule has 0 radical (unpaired) electrons. The highest BCUT2D eigenvalue weighted by Crippen LogP contribution is 2.24. The van der Waals surface area contributed by atoms with Crippen molar-refractivity contribution in [3.63, 3.8) is 0 Å².